The fourth-order valence-corrected chi connectivity index (χ4v) is 2.18. The van der Waals surface area contributed by atoms with E-state index in [1.54, 1.807) is 18.9 Å². The predicted octanol–water partition coefficient (Wildman–Crippen LogP) is 0.690. The molecule has 1 saturated heterocycles. The van der Waals surface area contributed by atoms with Crippen molar-refractivity contribution in [3.05, 3.63) is 0 Å². The summed E-state index contributed by atoms with van der Waals surface area (Å²) < 4.78 is 0. The molecule has 110 valence electrons. The van der Waals surface area contributed by atoms with Crippen molar-refractivity contribution in [2.75, 3.05) is 40.3 Å². The van der Waals surface area contributed by atoms with Crippen LogP contribution in [0.2, 0.25) is 0 Å². The van der Waals surface area contributed by atoms with Crippen molar-refractivity contribution in [1.82, 2.24) is 15.1 Å². The van der Waals surface area contributed by atoms with Crippen molar-refractivity contribution in [1.29, 1.82) is 0 Å². The molecule has 1 aliphatic rings. The molecule has 2 amide bonds. The molecular formula is C13H25N3O3. The van der Waals surface area contributed by atoms with Gasteiger partial charge in [-0.2, -0.15) is 0 Å². The van der Waals surface area contributed by atoms with Crippen LogP contribution < -0.4 is 5.32 Å². The van der Waals surface area contributed by atoms with Crippen LogP contribution in [0, 0.1) is 11.8 Å². The van der Waals surface area contributed by atoms with E-state index in [-0.39, 0.29) is 12.6 Å². The molecule has 6 heteroatoms. The number of aliphatic carboxylic acids is 1. The molecule has 1 unspecified atom stereocenters. The third kappa shape index (κ3) is 5.46. The summed E-state index contributed by atoms with van der Waals surface area (Å²) >= 11 is 0. The fraction of sp³-hybridized carbons (Fsp3) is 0.846. The lowest BCUT2D eigenvalue weighted by Crippen LogP contribution is -2.44. The average molecular weight is 271 g/mol. The normalized spacial score (nSPS) is 18.9. The van der Waals surface area contributed by atoms with Gasteiger partial charge in [0.2, 0.25) is 0 Å². The Bertz CT molecular complexity index is 314. The molecule has 0 spiro atoms. The quantitative estimate of drug-likeness (QED) is 0.771. The highest BCUT2D eigenvalue weighted by Gasteiger charge is 2.21. The number of urea groups is 1. The number of carboxylic acids is 1. The topological polar surface area (TPSA) is 72.9 Å². The number of nitrogens with one attached hydrogen (secondary N) is 1. The van der Waals surface area contributed by atoms with E-state index in [2.05, 4.69) is 17.3 Å². The number of hydrogen-bond acceptors (Lipinski definition) is 3. The zero-order valence-electron chi connectivity index (χ0n) is 12.1. The molecule has 1 rings (SSSR count). The minimum Gasteiger partial charge on any atom is -0.481 e. The molecule has 0 bridgehead atoms. The van der Waals surface area contributed by atoms with Crippen LogP contribution in [0.1, 0.15) is 19.8 Å². The van der Waals surface area contributed by atoms with Crippen molar-refractivity contribution in [3.63, 3.8) is 0 Å². The molecule has 0 aliphatic carbocycles. The second-order valence-electron chi connectivity index (χ2n) is 5.55. The third-order valence-corrected chi connectivity index (χ3v) is 3.70. The average Bonchev–Trinajstić information content (AvgIpc) is 2.37. The predicted molar refractivity (Wildman–Crippen MR) is 73.0 cm³/mol. The van der Waals surface area contributed by atoms with E-state index in [4.69, 9.17) is 5.11 Å². The molecule has 1 aliphatic heterocycles. The number of carbonyl (C=O) groups excluding carboxylic acids is 1. The molecule has 6 nitrogen and oxygen atoms in total. The van der Waals surface area contributed by atoms with Gasteiger partial charge in [0.1, 0.15) is 0 Å². The Morgan fingerprint density at radius 2 is 2.00 bits per heavy atom. The minimum absolute atomic E-state index is 0.173. The van der Waals surface area contributed by atoms with Crippen LogP contribution in [0.4, 0.5) is 4.79 Å². The standard InChI is InChI=1S/C13H25N3O3/c1-10(12(17)18)8-14-13(19)16(3)9-11-4-6-15(2)7-5-11/h10-11H,4-9H2,1-3H3,(H,14,19)(H,17,18). The summed E-state index contributed by atoms with van der Waals surface area (Å²) in [6.07, 6.45) is 2.22. The van der Waals surface area contributed by atoms with Gasteiger partial charge < -0.3 is 20.2 Å². The van der Waals surface area contributed by atoms with Crippen LogP contribution in [0.25, 0.3) is 0 Å². The van der Waals surface area contributed by atoms with Crippen molar-refractivity contribution >= 4 is 12.0 Å². The van der Waals surface area contributed by atoms with Gasteiger partial charge in [0, 0.05) is 20.1 Å². The highest BCUT2D eigenvalue weighted by Crippen LogP contribution is 2.16. The van der Waals surface area contributed by atoms with Crippen LogP contribution in [-0.2, 0) is 4.79 Å². The maximum Gasteiger partial charge on any atom is 0.317 e. The lowest BCUT2D eigenvalue weighted by Gasteiger charge is -2.31. The van der Waals surface area contributed by atoms with Crippen LogP contribution in [0.15, 0.2) is 0 Å². The summed E-state index contributed by atoms with van der Waals surface area (Å²) in [5, 5.41) is 11.4. The first kappa shape index (κ1) is 15.8. The number of piperidine rings is 1. The van der Waals surface area contributed by atoms with E-state index in [1.165, 1.54) is 0 Å². The first-order valence-electron chi connectivity index (χ1n) is 6.80. The zero-order chi connectivity index (χ0) is 14.4. The number of carbonyl (C=O) groups is 2. The van der Waals surface area contributed by atoms with Gasteiger partial charge in [0.15, 0.2) is 0 Å². The van der Waals surface area contributed by atoms with E-state index in [9.17, 15) is 9.59 Å². The van der Waals surface area contributed by atoms with Crippen molar-refractivity contribution < 1.29 is 14.7 Å². The Morgan fingerprint density at radius 1 is 1.42 bits per heavy atom. The van der Waals surface area contributed by atoms with Crippen LogP contribution in [-0.4, -0.2) is 67.2 Å². The molecule has 0 aromatic carbocycles. The summed E-state index contributed by atoms with van der Waals surface area (Å²) in [7, 11) is 3.87. The van der Waals surface area contributed by atoms with Crippen molar-refractivity contribution in [2.45, 2.75) is 19.8 Å². The molecule has 0 radical (unpaired) electrons. The fourth-order valence-electron chi connectivity index (χ4n) is 2.18. The van der Waals surface area contributed by atoms with Gasteiger partial charge in [-0.15, -0.1) is 0 Å². The third-order valence-electron chi connectivity index (χ3n) is 3.70. The molecule has 0 saturated carbocycles. The van der Waals surface area contributed by atoms with Crippen LogP contribution >= 0.6 is 0 Å². The van der Waals surface area contributed by atoms with Gasteiger partial charge in [0.25, 0.3) is 0 Å². The molecule has 0 aromatic heterocycles. The maximum atomic E-state index is 11.8. The first-order chi connectivity index (χ1) is 8.90. The Balaban J connectivity index is 2.26. The number of carboxylic acid groups (broad SMARTS) is 1. The van der Waals surface area contributed by atoms with Crippen molar-refractivity contribution in [3.8, 4) is 0 Å². The maximum absolute atomic E-state index is 11.8. The van der Waals surface area contributed by atoms with Gasteiger partial charge in [0.05, 0.1) is 5.92 Å². The summed E-state index contributed by atoms with van der Waals surface area (Å²) in [5.74, 6) is -0.900. The summed E-state index contributed by atoms with van der Waals surface area (Å²) in [5.41, 5.74) is 0. The smallest absolute Gasteiger partial charge is 0.317 e. The van der Waals surface area contributed by atoms with E-state index < -0.39 is 11.9 Å². The number of hydrogen-bond donors (Lipinski definition) is 2. The van der Waals surface area contributed by atoms with E-state index in [1.807, 2.05) is 0 Å². The van der Waals surface area contributed by atoms with E-state index >= 15 is 0 Å². The Labute approximate surface area is 114 Å². The van der Waals surface area contributed by atoms with Crippen molar-refractivity contribution in [2.24, 2.45) is 11.8 Å². The largest absolute Gasteiger partial charge is 0.481 e. The van der Waals surface area contributed by atoms with Crippen LogP contribution in [0.3, 0.4) is 0 Å². The number of amides is 2. The summed E-state index contributed by atoms with van der Waals surface area (Å²) in [6.45, 7) is 4.65. The van der Waals surface area contributed by atoms with Gasteiger partial charge in [-0.25, -0.2) is 4.79 Å². The molecule has 2 N–H and O–H groups in total. The number of likely N-dealkylation sites (tertiary alicyclic amines) is 1. The highest BCUT2D eigenvalue weighted by atomic mass is 16.4. The molecule has 1 atom stereocenters. The highest BCUT2D eigenvalue weighted by molar-refractivity contribution is 5.75. The molecule has 0 aromatic rings. The number of rotatable bonds is 5. The lowest BCUT2D eigenvalue weighted by molar-refractivity contribution is -0.140. The molecule has 1 heterocycles. The van der Waals surface area contributed by atoms with Crippen LogP contribution in [0.5, 0.6) is 0 Å². The Hall–Kier alpha value is -1.30. The van der Waals surface area contributed by atoms with Gasteiger partial charge in [-0.3, -0.25) is 4.79 Å². The summed E-state index contributed by atoms with van der Waals surface area (Å²) in [4.78, 5) is 26.4. The number of nitrogens with zero attached hydrogens (tertiary/aromatic N) is 2. The second-order valence-corrected chi connectivity index (χ2v) is 5.55. The van der Waals surface area contributed by atoms with E-state index in [0.717, 1.165) is 32.5 Å². The monoisotopic (exact) mass is 271 g/mol. The minimum atomic E-state index is -0.890. The van der Waals surface area contributed by atoms with Gasteiger partial charge >= 0.3 is 12.0 Å². The zero-order valence-corrected chi connectivity index (χ0v) is 12.1. The molecule has 1 fully saturated rings. The van der Waals surface area contributed by atoms with E-state index in [0.29, 0.717) is 5.92 Å². The lowest BCUT2D eigenvalue weighted by atomic mass is 9.97. The summed E-state index contributed by atoms with van der Waals surface area (Å²) in [6, 6.07) is -0.188. The molecule has 19 heavy (non-hydrogen) atoms. The Morgan fingerprint density at radius 3 is 2.53 bits per heavy atom. The molecular weight excluding hydrogens is 246 g/mol. The van der Waals surface area contributed by atoms with Gasteiger partial charge in [-0.1, -0.05) is 6.92 Å². The second kappa shape index (κ2) is 7.33. The first-order valence-corrected chi connectivity index (χ1v) is 6.80. The SMILES string of the molecule is CC(CNC(=O)N(C)CC1CCN(C)CC1)C(=O)O. The Kier molecular flexibility index (Phi) is 6.08. The van der Waals surface area contributed by atoms with Gasteiger partial charge in [-0.05, 0) is 38.9 Å².